The summed E-state index contributed by atoms with van der Waals surface area (Å²) in [7, 11) is 0. The molecule has 0 aliphatic carbocycles. The van der Waals surface area contributed by atoms with Crippen LogP contribution in [0.4, 0.5) is 5.69 Å². The van der Waals surface area contributed by atoms with Crippen LogP contribution in [-0.2, 0) is 0 Å². The Bertz CT molecular complexity index is 519. The first-order valence-corrected chi connectivity index (χ1v) is 6.60. The lowest BCUT2D eigenvalue weighted by molar-refractivity contribution is -0.384. The van der Waals surface area contributed by atoms with Crippen molar-refractivity contribution in [3.8, 4) is 0 Å². The van der Waals surface area contributed by atoms with E-state index in [0.29, 0.717) is 11.5 Å². The number of piperidine rings is 1. The van der Waals surface area contributed by atoms with Gasteiger partial charge in [-0.25, -0.2) is 0 Å². The SMILES string of the molecule is CC1CCCN(C(=O)c2ccc([N+](=O)[O-])c(Cl)c2)C1. The van der Waals surface area contributed by atoms with Crippen molar-refractivity contribution in [1.82, 2.24) is 4.90 Å². The van der Waals surface area contributed by atoms with E-state index in [4.69, 9.17) is 11.6 Å². The molecule has 1 fully saturated rings. The van der Waals surface area contributed by atoms with Gasteiger partial charge in [0.25, 0.3) is 11.6 Å². The minimum atomic E-state index is -0.556. The van der Waals surface area contributed by atoms with Crippen molar-refractivity contribution in [2.45, 2.75) is 19.8 Å². The van der Waals surface area contributed by atoms with E-state index < -0.39 is 4.92 Å². The van der Waals surface area contributed by atoms with E-state index in [1.807, 2.05) is 0 Å². The van der Waals surface area contributed by atoms with E-state index >= 15 is 0 Å². The van der Waals surface area contributed by atoms with E-state index in [1.165, 1.54) is 18.2 Å². The molecule has 19 heavy (non-hydrogen) atoms. The summed E-state index contributed by atoms with van der Waals surface area (Å²) in [6.07, 6.45) is 2.12. The van der Waals surface area contributed by atoms with Gasteiger partial charge >= 0.3 is 0 Å². The van der Waals surface area contributed by atoms with Crippen LogP contribution < -0.4 is 0 Å². The molecule has 0 spiro atoms. The Hall–Kier alpha value is -1.62. The first-order chi connectivity index (χ1) is 8.99. The second-order valence-electron chi connectivity index (χ2n) is 4.92. The highest BCUT2D eigenvalue weighted by atomic mass is 35.5. The molecule has 1 heterocycles. The van der Waals surface area contributed by atoms with E-state index in [-0.39, 0.29) is 16.6 Å². The summed E-state index contributed by atoms with van der Waals surface area (Å²) >= 11 is 5.82. The fourth-order valence-corrected chi connectivity index (χ4v) is 2.59. The van der Waals surface area contributed by atoms with E-state index in [2.05, 4.69) is 6.92 Å². The van der Waals surface area contributed by atoms with Gasteiger partial charge in [-0.15, -0.1) is 0 Å². The average molecular weight is 283 g/mol. The lowest BCUT2D eigenvalue weighted by Gasteiger charge is -2.31. The van der Waals surface area contributed by atoms with Gasteiger partial charge in [-0.2, -0.15) is 0 Å². The lowest BCUT2D eigenvalue weighted by Crippen LogP contribution is -2.39. The highest BCUT2D eigenvalue weighted by molar-refractivity contribution is 6.33. The Labute approximate surface area is 116 Å². The van der Waals surface area contributed by atoms with Crippen molar-refractivity contribution in [3.05, 3.63) is 38.9 Å². The zero-order chi connectivity index (χ0) is 14.0. The molecule has 0 N–H and O–H groups in total. The number of benzene rings is 1. The maximum Gasteiger partial charge on any atom is 0.287 e. The van der Waals surface area contributed by atoms with Crippen LogP contribution in [0.5, 0.6) is 0 Å². The molecule has 6 heteroatoms. The van der Waals surface area contributed by atoms with E-state index in [0.717, 1.165) is 25.9 Å². The van der Waals surface area contributed by atoms with Crippen molar-refractivity contribution in [3.63, 3.8) is 0 Å². The van der Waals surface area contributed by atoms with E-state index in [9.17, 15) is 14.9 Å². The third kappa shape index (κ3) is 3.04. The van der Waals surface area contributed by atoms with Crippen LogP contribution in [0.1, 0.15) is 30.1 Å². The van der Waals surface area contributed by atoms with Gasteiger partial charge in [0.05, 0.1) is 4.92 Å². The highest BCUT2D eigenvalue weighted by Gasteiger charge is 2.23. The van der Waals surface area contributed by atoms with Crippen molar-refractivity contribution in [1.29, 1.82) is 0 Å². The normalized spacial score (nSPS) is 19.3. The van der Waals surface area contributed by atoms with Crippen LogP contribution in [0.25, 0.3) is 0 Å². The third-order valence-electron chi connectivity index (χ3n) is 3.34. The Balaban J connectivity index is 2.19. The number of nitro groups is 1. The van der Waals surface area contributed by atoms with Crippen molar-refractivity contribution in [2.75, 3.05) is 13.1 Å². The number of hydrogen-bond donors (Lipinski definition) is 0. The number of nitrogens with zero attached hydrogens (tertiary/aromatic N) is 2. The molecule has 2 rings (SSSR count). The lowest BCUT2D eigenvalue weighted by atomic mass is 9.99. The summed E-state index contributed by atoms with van der Waals surface area (Å²) < 4.78 is 0. The minimum Gasteiger partial charge on any atom is -0.338 e. The molecule has 1 amide bonds. The van der Waals surface area contributed by atoms with Crippen LogP contribution in [0.15, 0.2) is 18.2 Å². The highest BCUT2D eigenvalue weighted by Crippen LogP contribution is 2.26. The van der Waals surface area contributed by atoms with Crippen molar-refractivity contribution in [2.24, 2.45) is 5.92 Å². The van der Waals surface area contributed by atoms with Gasteiger partial charge < -0.3 is 4.90 Å². The largest absolute Gasteiger partial charge is 0.338 e. The fraction of sp³-hybridized carbons (Fsp3) is 0.462. The van der Waals surface area contributed by atoms with Gasteiger partial charge in [0.15, 0.2) is 0 Å². The number of rotatable bonds is 2. The summed E-state index contributed by atoms with van der Waals surface area (Å²) in [6.45, 7) is 3.58. The molecule has 1 aromatic carbocycles. The summed E-state index contributed by atoms with van der Waals surface area (Å²) in [5, 5.41) is 10.7. The predicted octanol–water partition coefficient (Wildman–Crippen LogP) is 3.12. The van der Waals surface area contributed by atoms with Crippen LogP contribution >= 0.6 is 11.6 Å². The third-order valence-corrected chi connectivity index (χ3v) is 3.64. The number of nitro benzene ring substituents is 1. The maximum absolute atomic E-state index is 12.3. The summed E-state index contributed by atoms with van der Waals surface area (Å²) in [5.74, 6) is 0.384. The number of hydrogen-bond acceptors (Lipinski definition) is 3. The molecular formula is C13H15ClN2O3. The number of likely N-dealkylation sites (tertiary alicyclic amines) is 1. The van der Waals surface area contributed by atoms with Crippen molar-refractivity contribution < 1.29 is 9.72 Å². The van der Waals surface area contributed by atoms with Gasteiger partial charge in [-0.05, 0) is 30.9 Å². The summed E-state index contributed by atoms with van der Waals surface area (Å²) in [4.78, 5) is 24.2. The van der Waals surface area contributed by atoms with E-state index in [1.54, 1.807) is 4.90 Å². The molecule has 1 atom stereocenters. The first-order valence-electron chi connectivity index (χ1n) is 6.22. The maximum atomic E-state index is 12.3. The molecule has 0 radical (unpaired) electrons. The Kier molecular flexibility index (Phi) is 4.04. The average Bonchev–Trinajstić information content (AvgIpc) is 2.37. The number of amides is 1. The molecular weight excluding hydrogens is 268 g/mol. The van der Waals surface area contributed by atoms with Crippen molar-refractivity contribution >= 4 is 23.2 Å². The molecule has 5 nitrogen and oxygen atoms in total. The summed E-state index contributed by atoms with van der Waals surface area (Å²) in [5.41, 5.74) is 0.231. The predicted molar refractivity (Wildman–Crippen MR) is 72.4 cm³/mol. The zero-order valence-electron chi connectivity index (χ0n) is 10.6. The second-order valence-corrected chi connectivity index (χ2v) is 5.33. The smallest absolute Gasteiger partial charge is 0.287 e. The quantitative estimate of drug-likeness (QED) is 0.618. The minimum absolute atomic E-state index is 0.000841. The van der Waals surface area contributed by atoms with Gasteiger partial charge in [-0.3, -0.25) is 14.9 Å². The van der Waals surface area contributed by atoms with Gasteiger partial charge in [-0.1, -0.05) is 18.5 Å². The molecule has 1 saturated heterocycles. The van der Waals surface area contributed by atoms with Crippen LogP contribution in [0, 0.1) is 16.0 Å². The Morgan fingerprint density at radius 3 is 2.84 bits per heavy atom. The molecule has 1 aliphatic rings. The second kappa shape index (κ2) is 5.57. The molecule has 1 unspecified atom stereocenters. The van der Waals surface area contributed by atoms with Gasteiger partial charge in [0.2, 0.25) is 0 Å². The molecule has 102 valence electrons. The molecule has 0 aromatic heterocycles. The Morgan fingerprint density at radius 2 is 2.26 bits per heavy atom. The van der Waals surface area contributed by atoms with Crippen LogP contribution in [0.2, 0.25) is 5.02 Å². The topological polar surface area (TPSA) is 63.5 Å². The molecule has 1 aromatic rings. The fourth-order valence-electron chi connectivity index (χ4n) is 2.34. The zero-order valence-corrected chi connectivity index (χ0v) is 11.4. The number of carbonyl (C=O) groups is 1. The van der Waals surface area contributed by atoms with Crippen LogP contribution in [-0.4, -0.2) is 28.8 Å². The number of halogens is 1. The van der Waals surface area contributed by atoms with Gasteiger partial charge in [0, 0.05) is 24.7 Å². The molecule has 1 aliphatic heterocycles. The molecule has 0 saturated carbocycles. The molecule has 0 bridgehead atoms. The first kappa shape index (κ1) is 13.8. The summed E-state index contributed by atoms with van der Waals surface area (Å²) in [6, 6.07) is 4.12. The van der Waals surface area contributed by atoms with Crippen LogP contribution in [0.3, 0.4) is 0 Å². The Morgan fingerprint density at radius 1 is 1.53 bits per heavy atom. The van der Waals surface area contributed by atoms with Gasteiger partial charge in [0.1, 0.15) is 5.02 Å². The standard InChI is InChI=1S/C13H15ClN2O3/c1-9-3-2-6-15(8-9)13(17)10-4-5-12(16(18)19)11(14)7-10/h4-5,7,9H,2-3,6,8H2,1H3. The number of carbonyl (C=O) groups excluding carboxylic acids is 1. The monoisotopic (exact) mass is 282 g/mol.